The van der Waals surface area contributed by atoms with Crippen LogP contribution in [0.25, 0.3) is 0 Å². The first-order chi connectivity index (χ1) is 12.2. The van der Waals surface area contributed by atoms with Crippen LogP contribution in [0.3, 0.4) is 0 Å². The lowest BCUT2D eigenvalue weighted by Crippen LogP contribution is -2.25. The third-order valence-corrected chi connectivity index (χ3v) is 3.33. The first kappa shape index (κ1) is 23.0. The molecule has 2 atom stereocenters. The number of ether oxygens (including phenoxy) is 2. The van der Waals surface area contributed by atoms with E-state index in [2.05, 4.69) is 23.4 Å². The number of rotatable bonds is 12. The number of nitrogens with zero attached hydrogens (tertiary/aromatic N) is 4. The number of esters is 2. The molecule has 0 heterocycles. The molecular weight excluding hydrogens is 336 g/mol. The highest BCUT2D eigenvalue weighted by molar-refractivity contribution is 5.70. The summed E-state index contributed by atoms with van der Waals surface area (Å²) in [4.78, 5) is 23.0. The van der Waals surface area contributed by atoms with Gasteiger partial charge in [-0.05, 0) is 26.7 Å². The number of hydrogen-bond acceptors (Lipinski definition) is 8. The summed E-state index contributed by atoms with van der Waals surface area (Å²) in [7, 11) is 0. The molecule has 0 aliphatic rings. The monoisotopic (exact) mass is 360 g/mol. The van der Waals surface area contributed by atoms with E-state index in [1.165, 1.54) is 26.0 Å². The van der Waals surface area contributed by atoms with E-state index in [9.17, 15) is 20.1 Å². The Morgan fingerprint density at radius 3 is 1.54 bits per heavy atom. The third-order valence-electron chi connectivity index (χ3n) is 3.33. The molecule has 2 unspecified atom stereocenters. The maximum atomic E-state index is 11.5. The van der Waals surface area contributed by atoms with Crippen LogP contribution in [0.4, 0.5) is 0 Å². The van der Waals surface area contributed by atoms with Crippen LogP contribution >= 0.6 is 0 Å². The standard InChI is InChI=1S/C18H24N4O4/c1-5-11-25-15(23)7-9-17(3,13-19)21-22-18(4,14-20)10-8-16(24)26-12-6-2/h5-6H,1-2,7-12H2,3-4H3/b22-21+. The second-order valence-electron chi connectivity index (χ2n) is 5.91. The van der Waals surface area contributed by atoms with Gasteiger partial charge in [0.05, 0.1) is 12.1 Å². The largest absolute Gasteiger partial charge is 0.461 e. The van der Waals surface area contributed by atoms with Crippen molar-refractivity contribution < 1.29 is 19.1 Å². The van der Waals surface area contributed by atoms with E-state index in [4.69, 9.17) is 9.47 Å². The second-order valence-corrected chi connectivity index (χ2v) is 5.91. The van der Waals surface area contributed by atoms with Gasteiger partial charge in [0, 0.05) is 12.8 Å². The normalized spacial score (nSPS) is 14.9. The van der Waals surface area contributed by atoms with Gasteiger partial charge in [-0.3, -0.25) is 9.59 Å². The van der Waals surface area contributed by atoms with E-state index in [1.807, 2.05) is 12.1 Å². The molecule has 0 saturated heterocycles. The van der Waals surface area contributed by atoms with Crippen LogP contribution in [0.15, 0.2) is 35.5 Å². The SMILES string of the molecule is C=CCOC(=O)CCC(C)(C#N)/N=N/C(C)(C#N)CCC(=O)OCC=C. The summed E-state index contributed by atoms with van der Waals surface area (Å²) in [6, 6.07) is 3.96. The number of nitriles is 2. The van der Waals surface area contributed by atoms with Gasteiger partial charge in [-0.25, -0.2) is 0 Å². The molecule has 26 heavy (non-hydrogen) atoms. The van der Waals surface area contributed by atoms with Gasteiger partial charge >= 0.3 is 11.9 Å². The quantitative estimate of drug-likeness (QED) is 0.299. The van der Waals surface area contributed by atoms with Crippen LogP contribution in [-0.2, 0) is 19.1 Å². The summed E-state index contributed by atoms with van der Waals surface area (Å²) < 4.78 is 9.69. The molecule has 0 N–H and O–H groups in total. The third kappa shape index (κ3) is 9.33. The van der Waals surface area contributed by atoms with Gasteiger partial charge in [0.1, 0.15) is 13.2 Å². The average Bonchev–Trinajstić information content (AvgIpc) is 2.65. The molecule has 0 aliphatic heterocycles. The lowest BCUT2D eigenvalue weighted by molar-refractivity contribution is -0.143. The smallest absolute Gasteiger partial charge is 0.306 e. The van der Waals surface area contributed by atoms with Gasteiger partial charge in [0.15, 0.2) is 11.1 Å². The highest BCUT2D eigenvalue weighted by Crippen LogP contribution is 2.23. The number of hydrogen-bond donors (Lipinski definition) is 0. The zero-order valence-electron chi connectivity index (χ0n) is 15.2. The first-order valence-corrected chi connectivity index (χ1v) is 8.04. The molecule has 0 fully saturated rings. The maximum Gasteiger partial charge on any atom is 0.306 e. The zero-order valence-corrected chi connectivity index (χ0v) is 15.2. The maximum absolute atomic E-state index is 11.5. The minimum absolute atomic E-state index is 0.0198. The minimum atomic E-state index is -1.28. The Hall–Kier alpha value is -3.00. The Balaban J connectivity index is 4.83. The molecule has 0 bridgehead atoms. The molecule has 0 amide bonds. The molecule has 0 aromatic rings. The predicted octanol–water partition coefficient (Wildman–Crippen LogP) is 3.02. The van der Waals surface area contributed by atoms with Gasteiger partial charge in [-0.2, -0.15) is 20.8 Å². The highest BCUT2D eigenvalue weighted by Gasteiger charge is 2.29. The van der Waals surface area contributed by atoms with Gasteiger partial charge in [-0.15, -0.1) is 0 Å². The lowest BCUT2D eigenvalue weighted by atomic mass is 9.97. The van der Waals surface area contributed by atoms with E-state index >= 15 is 0 Å². The van der Waals surface area contributed by atoms with Crippen molar-refractivity contribution in [2.45, 2.75) is 50.6 Å². The summed E-state index contributed by atoms with van der Waals surface area (Å²) >= 11 is 0. The first-order valence-electron chi connectivity index (χ1n) is 8.04. The van der Waals surface area contributed by atoms with Crippen molar-refractivity contribution in [1.29, 1.82) is 10.5 Å². The molecule has 8 nitrogen and oxygen atoms in total. The topological polar surface area (TPSA) is 125 Å². The molecule has 8 heteroatoms. The van der Waals surface area contributed by atoms with E-state index in [0.29, 0.717) is 0 Å². The fourth-order valence-electron chi connectivity index (χ4n) is 1.62. The molecular formula is C18H24N4O4. The molecule has 0 radical (unpaired) electrons. The number of azo groups is 1. The van der Waals surface area contributed by atoms with Crippen LogP contribution in [0, 0.1) is 22.7 Å². The molecule has 0 rings (SSSR count). The summed E-state index contributed by atoms with van der Waals surface area (Å²) in [5.74, 6) is -0.954. The minimum Gasteiger partial charge on any atom is -0.461 e. The van der Waals surface area contributed by atoms with Crippen LogP contribution in [0.2, 0.25) is 0 Å². The summed E-state index contributed by atoms with van der Waals surface area (Å²) in [5, 5.41) is 26.6. The Morgan fingerprint density at radius 1 is 0.923 bits per heavy atom. The van der Waals surface area contributed by atoms with Gasteiger partial charge in [0.25, 0.3) is 0 Å². The number of carbonyl (C=O) groups excluding carboxylic acids is 2. The molecule has 0 aromatic carbocycles. The van der Waals surface area contributed by atoms with E-state index in [-0.39, 0.29) is 38.9 Å². The Morgan fingerprint density at radius 2 is 1.27 bits per heavy atom. The Labute approximate surface area is 153 Å². The summed E-state index contributed by atoms with van der Waals surface area (Å²) in [6.45, 7) is 10.1. The predicted molar refractivity (Wildman–Crippen MR) is 93.7 cm³/mol. The van der Waals surface area contributed by atoms with E-state index < -0.39 is 23.0 Å². The van der Waals surface area contributed by atoms with Crippen LogP contribution in [0.1, 0.15) is 39.5 Å². The van der Waals surface area contributed by atoms with E-state index in [0.717, 1.165) is 0 Å². The van der Waals surface area contributed by atoms with Crippen LogP contribution < -0.4 is 0 Å². The highest BCUT2D eigenvalue weighted by atomic mass is 16.5. The van der Waals surface area contributed by atoms with Crippen LogP contribution in [-0.4, -0.2) is 36.2 Å². The lowest BCUT2D eigenvalue weighted by Gasteiger charge is -2.19. The summed E-state index contributed by atoms with van der Waals surface area (Å²) in [5.41, 5.74) is -2.57. The van der Waals surface area contributed by atoms with Crippen molar-refractivity contribution in [2.24, 2.45) is 10.2 Å². The van der Waals surface area contributed by atoms with Crippen molar-refractivity contribution in [3.8, 4) is 12.1 Å². The van der Waals surface area contributed by atoms with Gasteiger partial charge < -0.3 is 9.47 Å². The molecule has 0 saturated carbocycles. The van der Waals surface area contributed by atoms with Crippen molar-refractivity contribution in [3.63, 3.8) is 0 Å². The van der Waals surface area contributed by atoms with Crippen LogP contribution in [0.5, 0.6) is 0 Å². The van der Waals surface area contributed by atoms with Gasteiger partial charge in [0.2, 0.25) is 0 Å². The molecule has 0 aromatic heterocycles. The van der Waals surface area contributed by atoms with Crippen molar-refractivity contribution >= 4 is 11.9 Å². The van der Waals surface area contributed by atoms with Crippen molar-refractivity contribution in [1.82, 2.24) is 0 Å². The molecule has 0 spiro atoms. The van der Waals surface area contributed by atoms with Crippen molar-refractivity contribution in [2.75, 3.05) is 13.2 Å². The Kier molecular flexibility index (Phi) is 10.2. The van der Waals surface area contributed by atoms with Crippen molar-refractivity contribution in [3.05, 3.63) is 25.3 Å². The fraction of sp³-hybridized carbons (Fsp3) is 0.556. The summed E-state index contributed by atoms with van der Waals surface area (Å²) in [6.07, 6.45) is 3.03. The Bertz CT molecular complexity index is 578. The second kappa shape index (κ2) is 11.5. The van der Waals surface area contributed by atoms with E-state index in [1.54, 1.807) is 0 Å². The zero-order chi connectivity index (χ0) is 20.1. The molecule has 140 valence electrons. The number of carbonyl (C=O) groups is 2. The average molecular weight is 360 g/mol. The van der Waals surface area contributed by atoms with Gasteiger partial charge in [-0.1, -0.05) is 25.3 Å². The molecule has 0 aliphatic carbocycles. The fourth-order valence-corrected chi connectivity index (χ4v) is 1.62.